The maximum atomic E-state index is 11.5. The Morgan fingerprint density at radius 2 is 1.90 bits per heavy atom. The number of benzene rings is 1. The zero-order valence-corrected chi connectivity index (χ0v) is 12.1. The molecule has 1 aromatic carbocycles. The summed E-state index contributed by atoms with van der Waals surface area (Å²) in [4.78, 5) is 11.5. The first-order valence-electron chi connectivity index (χ1n) is 6.48. The van der Waals surface area contributed by atoms with Gasteiger partial charge in [-0.2, -0.15) is 5.26 Å². The number of allylic oxidation sites excluding steroid dienone is 3. The standard InChI is InChI=1S/C16H16N2O3/c1-10-13(9-17)14(12-7-5-4-6-8-12)15(11(2)18-10)21-16(19)20-3/h4-8,14,18H,1-3H3. The molecule has 1 N–H and O–H groups in total. The Bertz CT molecular complexity index is 654. The molecule has 0 saturated carbocycles. The molecule has 0 saturated heterocycles. The van der Waals surface area contributed by atoms with Gasteiger partial charge in [0.25, 0.3) is 0 Å². The summed E-state index contributed by atoms with van der Waals surface area (Å²) in [5.74, 6) is -0.0354. The van der Waals surface area contributed by atoms with Crippen molar-refractivity contribution in [2.45, 2.75) is 19.8 Å². The number of nitrogens with one attached hydrogen (secondary N) is 1. The van der Waals surface area contributed by atoms with Crippen molar-refractivity contribution in [3.8, 4) is 6.07 Å². The van der Waals surface area contributed by atoms with Crippen molar-refractivity contribution in [1.82, 2.24) is 5.32 Å². The van der Waals surface area contributed by atoms with Crippen molar-refractivity contribution in [3.05, 3.63) is 58.6 Å². The predicted molar refractivity (Wildman–Crippen MR) is 76.8 cm³/mol. The minimum atomic E-state index is -0.802. The Morgan fingerprint density at radius 1 is 1.24 bits per heavy atom. The molecule has 0 aromatic heterocycles. The number of hydrogen-bond donors (Lipinski definition) is 1. The first-order chi connectivity index (χ1) is 10.1. The number of nitriles is 1. The summed E-state index contributed by atoms with van der Waals surface area (Å²) in [5.41, 5.74) is 2.84. The summed E-state index contributed by atoms with van der Waals surface area (Å²) < 4.78 is 9.83. The second-order valence-corrected chi connectivity index (χ2v) is 4.66. The van der Waals surface area contributed by atoms with Crippen molar-refractivity contribution in [2.24, 2.45) is 0 Å². The van der Waals surface area contributed by atoms with E-state index in [0.29, 0.717) is 17.0 Å². The fourth-order valence-electron chi connectivity index (χ4n) is 2.35. The van der Waals surface area contributed by atoms with Crippen LogP contribution in [0.3, 0.4) is 0 Å². The molecule has 1 aromatic rings. The maximum Gasteiger partial charge on any atom is 0.513 e. The Kier molecular flexibility index (Phi) is 4.29. The van der Waals surface area contributed by atoms with Crippen LogP contribution in [0.15, 0.2) is 53.1 Å². The van der Waals surface area contributed by atoms with Gasteiger partial charge in [-0.05, 0) is 19.4 Å². The lowest BCUT2D eigenvalue weighted by molar-refractivity contribution is 0.0922. The van der Waals surface area contributed by atoms with Gasteiger partial charge >= 0.3 is 6.16 Å². The molecular formula is C16H16N2O3. The Morgan fingerprint density at radius 3 is 2.48 bits per heavy atom. The van der Waals surface area contributed by atoms with Gasteiger partial charge in [0.1, 0.15) is 5.76 Å². The molecule has 0 amide bonds. The third-order valence-corrected chi connectivity index (χ3v) is 3.31. The number of dihydropyridines is 1. The second-order valence-electron chi connectivity index (χ2n) is 4.66. The zero-order valence-electron chi connectivity index (χ0n) is 12.1. The summed E-state index contributed by atoms with van der Waals surface area (Å²) in [7, 11) is 1.25. The molecule has 1 aliphatic rings. The van der Waals surface area contributed by atoms with Crippen molar-refractivity contribution < 1.29 is 14.3 Å². The van der Waals surface area contributed by atoms with Crippen LogP contribution in [0.2, 0.25) is 0 Å². The molecule has 2 rings (SSSR count). The van der Waals surface area contributed by atoms with Crippen LogP contribution in [0.5, 0.6) is 0 Å². The largest absolute Gasteiger partial charge is 0.513 e. The minimum absolute atomic E-state index is 0.384. The third-order valence-electron chi connectivity index (χ3n) is 3.31. The summed E-state index contributed by atoms with van der Waals surface area (Å²) in [6.07, 6.45) is -0.802. The minimum Gasteiger partial charge on any atom is -0.437 e. The number of carbonyl (C=O) groups excluding carboxylic acids is 1. The van der Waals surface area contributed by atoms with E-state index < -0.39 is 12.1 Å². The summed E-state index contributed by atoms with van der Waals surface area (Å²) >= 11 is 0. The third kappa shape index (κ3) is 2.90. The normalized spacial score (nSPS) is 17.9. The Balaban J connectivity index is 2.52. The van der Waals surface area contributed by atoms with Crippen molar-refractivity contribution in [1.29, 1.82) is 5.26 Å². The second kappa shape index (κ2) is 6.14. The van der Waals surface area contributed by atoms with Crippen molar-refractivity contribution >= 4 is 6.16 Å². The SMILES string of the molecule is COC(=O)OC1=C(C)NC(C)=C(C#N)C1c1ccccc1. The van der Waals surface area contributed by atoms with E-state index in [2.05, 4.69) is 16.1 Å². The summed E-state index contributed by atoms with van der Waals surface area (Å²) in [5, 5.41) is 12.5. The lowest BCUT2D eigenvalue weighted by Gasteiger charge is -2.28. The molecule has 0 fully saturated rings. The lowest BCUT2D eigenvalue weighted by atomic mass is 9.86. The fraction of sp³-hybridized carbons (Fsp3) is 0.250. The number of hydrogen-bond acceptors (Lipinski definition) is 5. The highest BCUT2D eigenvalue weighted by atomic mass is 16.7. The summed E-state index contributed by atoms with van der Waals surface area (Å²) in [6.45, 7) is 3.62. The molecule has 1 heterocycles. The molecule has 21 heavy (non-hydrogen) atoms. The maximum absolute atomic E-state index is 11.5. The summed E-state index contributed by atoms with van der Waals surface area (Å²) in [6, 6.07) is 11.6. The smallest absolute Gasteiger partial charge is 0.437 e. The first-order valence-corrected chi connectivity index (χ1v) is 6.48. The van der Waals surface area contributed by atoms with Gasteiger partial charge in [-0.25, -0.2) is 4.79 Å². The fourth-order valence-corrected chi connectivity index (χ4v) is 2.35. The number of carbonyl (C=O) groups is 1. The van der Waals surface area contributed by atoms with E-state index >= 15 is 0 Å². The zero-order chi connectivity index (χ0) is 15.4. The topological polar surface area (TPSA) is 71.3 Å². The Hall–Kier alpha value is -2.74. The highest BCUT2D eigenvalue weighted by molar-refractivity contribution is 5.63. The number of rotatable bonds is 2. The van der Waals surface area contributed by atoms with Crippen LogP contribution in [0.25, 0.3) is 0 Å². The molecule has 0 aliphatic carbocycles. The highest BCUT2D eigenvalue weighted by Gasteiger charge is 2.32. The molecule has 108 valence electrons. The van der Waals surface area contributed by atoms with Crippen molar-refractivity contribution in [3.63, 3.8) is 0 Å². The molecule has 0 radical (unpaired) electrons. The predicted octanol–water partition coefficient (Wildman–Crippen LogP) is 3.19. The van der Waals surface area contributed by atoms with Crippen LogP contribution in [-0.2, 0) is 9.47 Å². The van der Waals surface area contributed by atoms with Gasteiger partial charge < -0.3 is 14.8 Å². The first kappa shape index (κ1) is 14.7. The van der Waals surface area contributed by atoms with Gasteiger partial charge in [-0.1, -0.05) is 30.3 Å². The van der Waals surface area contributed by atoms with Gasteiger partial charge in [0.2, 0.25) is 0 Å². The highest BCUT2D eigenvalue weighted by Crippen LogP contribution is 2.38. The van der Waals surface area contributed by atoms with Gasteiger partial charge in [-0.15, -0.1) is 0 Å². The molecule has 5 heteroatoms. The Labute approximate surface area is 123 Å². The molecular weight excluding hydrogens is 268 g/mol. The van der Waals surface area contributed by atoms with Gasteiger partial charge in [0, 0.05) is 5.70 Å². The van der Waals surface area contributed by atoms with Crippen LogP contribution >= 0.6 is 0 Å². The van der Waals surface area contributed by atoms with Gasteiger partial charge in [0.15, 0.2) is 0 Å². The molecule has 1 unspecified atom stereocenters. The van der Waals surface area contributed by atoms with E-state index in [-0.39, 0.29) is 0 Å². The van der Waals surface area contributed by atoms with E-state index in [1.54, 1.807) is 6.92 Å². The van der Waals surface area contributed by atoms with Crippen LogP contribution in [0, 0.1) is 11.3 Å². The molecule has 1 atom stereocenters. The number of ether oxygens (including phenoxy) is 2. The van der Waals surface area contributed by atoms with Crippen LogP contribution in [0.1, 0.15) is 25.3 Å². The molecule has 0 bridgehead atoms. The van der Waals surface area contributed by atoms with E-state index in [1.165, 1.54) is 7.11 Å². The average molecular weight is 284 g/mol. The van der Waals surface area contributed by atoms with Crippen LogP contribution in [0.4, 0.5) is 4.79 Å². The van der Waals surface area contributed by atoms with E-state index in [4.69, 9.17) is 4.74 Å². The van der Waals surface area contributed by atoms with Gasteiger partial charge in [-0.3, -0.25) is 0 Å². The van der Waals surface area contributed by atoms with Crippen molar-refractivity contribution in [2.75, 3.05) is 7.11 Å². The average Bonchev–Trinajstić information content (AvgIpc) is 2.50. The van der Waals surface area contributed by atoms with Gasteiger partial charge in [0.05, 0.1) is 30.4 Å². The van der Waals surface area contributed by atoms with E-state index in [0.717, 1.165) is 11.3 Å². The van der Waals surface area contributed by atoms with E-state index in [1.807, 2.05) is 37.3 Å². The number of nitrogens with zero attached hydrogens (tertiary/aromatic N) is 1. The quantitative estimate of drug-likeness (QED) is 0.844. The van der Waals surface area contributed by atoms with E-state index in [9.17, 15) is 10.1 Å². The molecule has 1 aliphatic heterocycles. The molecule has 0 spiro atoms. The lowest BCUT2D eigenvalue weighted by Crippen LogP contribution is -2.26. The van der Waals surface area contributed by atoms with Crippen LogP contribution < -0.4 is 5.32 Å². The molecule has 5 nitrogen and oxygen atoms in total. The number of methoxy groups -OCH3 is 1. The monoisotopic (exact) mass is 284 g/mol. The van der Waals surface area contributed by atoms with Crippen LogP contribution in [-0.4, -0.2) is 13.3 Å².